The Hall–Kier alpha value is -3.28. The van der Waals surface area contributed by atoms with Crippen molar-refractivity contribution in [2.45, 2.75) is 45.2 Å². The van der Waals surface area contributed by atoms with Crippen LogP contribution in [-0.2, 0) is 11.2 Å². The van der Waals surface area contributed by atoms with Crippen LogP contribution >= 0.6 is 0 Å². The molecule has 2 amide bonds. The average Bonchev–Trinajstić information content (AvgIpc) is 2.70. The molecular formula is C24H30N2O4. The van der Waals surface area contributed by atoms with E-state index in [0.29, 0.717) is 24.3 Å². The zero-order chi connectivity index (χ0) is 22.1. The molecule has 0 aliphatic heterocycles. The number of anilines is 1. The molecule has 6 heteroatoms. The van der Waals surface area contributed by atoms with Crippen LogP contribution in [0.4, 0.5) is 10.5 Å². The van der Waals surface area contributed by atoms with Crippen molar-refractivity contribution in [3.8, 4) is 5.75 Å². The normalized spacial score (nSPS) is 12.4. The molecule has 0 aromatic heterocycles. The lowest BCUT2D eigenvalue weighted by atomic mass is 9.98. The van der Waals surface area contributed by atoms with E-state index < -0.39 is 17.7 Å². The van der Waals surface area contributed by atoms with E-state index in [1.807, 2.05) is 51.1 Å². The van der Waals surface area contributed by atoms with E-state index in [4.69, 9.17) is 4.74 Å². The van der Waals surface area contributed by atoms with Gasteiger partial charge < -0.3 is 15.2 Å². The summed E-state index contributed by atoms with van der Waals surface area (Å²) in [6.07, 6.45) is 3.33. The fraction of sp³-hybridized carbons (Fsp3) is 0.333. The zero-order valence-electron chi connectivity index (χ0n) is 18.0. The first-order valence-electron chi connectivity index (χ1n) is 9.90. The number of hydrogen-bond acceptors (Lipinski definition) is 3. The largest absolute Gasteiger partial charge is 0.497 e. The zero-order valence-corrected chi connectivity index (χ0v) is 18.0. The number of rotatable bonds is 8. The Labute approximate surface area is 178 Å². The maximum atomic E-state index is 12.4. The number of carbonyl (C=O) groups excluding carboxylic acids is 1. The van der Waals surface area contributed by atoms with Gasteiger partial charge in [0.05, 0.1) is 13.2 Å². The van der Waals surface area contributed by atoms with Gasteiger partial charge in [0, 0.05) is 17.3 Å². The Balaban J connectivity index is 2.15. The molecule has 30 heavy (non-hydrogen) atoms. The predicted octanol–water partition coefficient (Wildman–Crippen LogP) is 4.97. The quantitative estimate of drug-likeness (QED) is 0.602. The van der Waals surface area contributed by atoms with Crippen LogP contribution in [0.2, 0.25) is 0 Å². The molecule has 160 valence electrons. The molecule has 2 rings (SSSR count). The van der Waals surface area contributed by atoms with Crippen LogP contribution in [0, 0.1) is 0 Å². The minimum Gasteiger partial charge on any atom is -0.497 e. The molecule has 2 aromatic rings. The van der Waals surface area contributed by atoms with Gasteiger partial charge in [0.15, 0.2) is 0 Å². The topological polar surface area (TPSA) is 78.9 Å². The molecule has 0 spiro atoms. The molecule has 0 fully saturated rings. The summed E-state index contributed by atoms with van der Waals surface area (Å²) in [6.45, 7) is 5.55. The first-order chi connectivity index (χ1) is 14.2. The third-order valence-corrected chi connectivity index (χ3v) is 4.66. The summed E-state index contributed by atoms with van der Waals surface area (Å²) in [6, 6.07) is 16.5. The summed E-state index contributed by atoms with van der Waals surface area (Å²) in [4.78, 5) is 25.8. The monoisotopic (exact) mass is 410 g/mol. The van der Waals surface area contributed by atoms with E-state index in [2.05, 4.69) is 5.32 Å². The van der Waals surface area contributed by atoms with Crippen LogP contribution in [0.15, 0.2) is 66.7 Å². The van der Waals surface area contributed by atoms with Crippen LogP contribution in [0.25, 0.3) is 0 Å². The molecular weight excluding hydrogens is 380 g/mol. The molecule has 0 aliphatic carbocycles. The first kappa shape index (κ1) is 23.0. The van der Waals surface area contributed by atoms with Crippen molar-refractivity contribution in [3.63, 3.8) is 0 Å². The van der Waals surface area contributed by atoms with Gasteiger partial charge in [-0.2, -0.15) is 0 Å². The molecule has 0 aliphatic rings. The smallest absolute Gasteiger partial charge is 0.408 e. The number of carboxylic acid groups (broad SMARTS) is 1. The highest BCUT2D eigenvalue weighted by molar-refractivity contribution is 5.99. The van der Waals surface area contributed by atoms with Crippen LogP contribution < -0.4 is 10.1 Å². The summed E-state index contributed by atoms with van der Waals surface area (Å²) in [5.41, 5.74) is 1.15. The third kappa shape index (κ3) is 6.95. The molecule has 6 nitrogen and oxygen atoms in total. The van der Waals surface area contributed by atoms with E-state index in [1.54, 1.807) is 37.5 Å². The maximum absolute atomic E-state index is 12.4. The molecule has 0 saturated carbocycles. The van der Waals surface area contributed by atoms with Gasteiger partial charge in [0.25, 0.3) is 0 Å². The predicted molar refractivity (Wildman–Crippen MR) is 119 cm³/mol. The Morgan fingerprint density at radius 1 is 1.10 bits per heavy atom. The van der Waals surface area contributed by atoms with Crippen molar-refractivity contribution in [2.75, 3.05) is 12.4 Å². The van der Waals surface area contributed by atoms with Crippen molar-refractivity contribution in [1.29, 1.82) is 0 Å². The first-order valence-corrected chi connectivity index (χ1v) is 9.90. The van der Waals surface area contributed by atoms with Gasteiger partial charge in [0.2, 0.25) is 5.91 Å². The summed E-state index contributed by atoms with van der Waals surface area (Å²) < 4.78 is 5.11. The second kappa shape index (κ2) is 10.5. The Morgan fingerprint density at radius 3 is 2.27 bits per heavy atom. The number of ether oxygens (including phenoxy) is 1. The molecule has 2 aromatic carbocycles. The molecule has 0 bridgehead atoms. The highest BCUT2D eigenvalue weighted by Gasteiger charge is 2.31. The lowest BCUT2D eigenvalue weighted by molar-refractivity contribution is -0.112. The molecule has 0 heterocycles. The standard InChI is InChI=1S/C24H30N2O4/c1-24(2,3)26(23(28)29)20(13-10-18-8-6-5-7-9-18)14-17-22(27)25-19-11-15-21(30-4)16-12-19/h5-9,11-12,14-17,20H,10,13H2,1-4H3,(H,25,27)(H,28,29)/t20-/m0/s1. The third-order valence-electron chi connectivity index (χ3n) is 4.66. The Bertz CT molecular complexity index is 855. The number of methoxy groups -OCH3 is 1. The van der Waals surface area contributed by atoms with Crippen molar-refractivity contribution < 1.29 is 19.4 Å². The van der Waals surface area contributed by atoms with Crippen molar-refractivity contribution >= 4 is 17.7 Å². The SMILES string of the molecule is COc1ccc(NC(=O)C=C[C@H](CCc2ccccc2)N(C(=O)O)C(C)(C)C)cc1. The van der Waals surface area contributed by atoms with Crippen molar-refractivity contribution in [3.05, 3.63) is 72.3 Å². The van der Waals surface area contributed by atoms with E-state index in [0.717, 1.165) is 5.56 Å². The Kier molecular flexibility index (Phi) is 8.04. The summed E-state index contributed by atoms with van der Waals surface area (Å²) in [7, 11) is 1.58. The van der Waals surface area contributed by atoms with Gasteiger partial charge in [-0.05, 0) is 63.4 Å². The second-order valence-corrected chi connectivity index (χ2v) is 7.99. The van der Waals surface area contributed by atoms with E-state index >= 15 is 0 Å². The van der Waals surface area contributed by atoms with E-state index in [1.165, 1.54) is 11.0 Å². The molecule has 2 N–H and O–H groups in total. The average molecular weight is 411 g/mol. The van der Waals surface area contributed by atoms with E-state index in [-0.39, 0.29) is 5.91 Å². The van der Waals surface area contributed by atoms with Gasteiger partial charge in [-0.3, -0.25) is 9.69 Å². The number of nitrogens with one attached hydrogen (secondary N) is 1. The highest BCUT2D eigenvalue weighted by atomic mass is 16.5. The minimum absolute atomic E-state index is 0.316. The van der Waals surface area contributed by atoms with Gasteiger partial charge in [0.1, 0.15) is 5.75 Å². The fourth-order valence-electron chi connectivity index (χ4n) is 3.25. The number of hydrogen-bond donors (Lipinski definition) is 2. The van der Waals surface area contributed by atoms with Gasteiger partial charge in [-0.15, -0.1) is 0 Å². The summed E-state index contributed by atoms with van der Waals surface area (Å²) in [5.74, 6) is 0.385. The van der Waals surface area contributed by atoms with E-state index in [9.17, 15) is 14.7 Å². The number of aryl methyl sites for hydroxylation is 1. The van der Waals surface area contributed by atoms with Crippen molar-refractivity contribution in [1.82, 2.24) is 4.90 Å². The van der Waals surface area contributed by atoms with Crippen LogP contribution in [-0.4, -0.2) is 40.7 Å². The number of benzene rings is 2. The lowest BCUT2D eigenvalue weighted by Crippen LogP contribution is -2.50. The molecule has 0 radical (unpaired) electrons. The molecule has 1 atom stereocenters. The van der Waals surface area contributed by atoms with Gasteiger partial charge >= 0.3 is 6.09 Å². The highest BCUT2D eigenvalue weighted by Crippen LogP contribution is 2.22. The van der Waals surface area contributed by atoms with Crippen LogP contribution in [0.3, 0.4) is 0 Å². The van der Waals surface area contributed by atoms with Gasteiger partial charge in [-0.25, -0.2) is 4.79 Å². The maximum Gasteiger partial charge on any atom is 0.408 e. The van der Waals surface area contributed by atoms with Crippen LogP contribution in [0.1, 0.15) is 32.8 Å². The summed E-state index contributed by atoms with van der Waals surface area (Å²) >= 11 is 0. The van der Waals surface area contributed by atoms with Gasteiger partial charge in [-0.1, -0.05) is 36.4 Å². The fourth-order valence-corrected chi connectivity index (χ4v) is 3.25. The molecule has 0 unspecified atom stereocenters. The minimum atomic E-state index is -1.01. The Morgan fingerprint density at radius 2 is 1.73 bits per heavy atom. The number of carbonyl (C=O) groups is 2. The lowest BCUT2D eigenvalue weighted by Gasteiger charge is -2.38. The summed E-state index contributed by atoms with van der Waals surface area (Å²) in [5, 5.41) is 12.6. The van der Waals surface area contributed by atoms with Crippen LogP contribution in [0.5, 0.6) is 5.75 Å². The second-order valence-electron chi connectivity index (χ2n) is 7.99. The molecule has 0 saturated heterocycles. The number of amides is 2. The number of nitrogens with zero attached hydrogens (tertiary/aromatic N) is 1. The van der Waals surface area contributed by atoms with Crippen molar-refractivity contribution in [2.24, 2.45) is 0 Å².